The highest BCUT2D eigenvalue weighted by Crippen LogP contribution is 2.46. The number of likely N-dealkylation sites (tertiary alicyclic amines) is 1. The lowest BCUT2D eigenvalue weighted by molar-refractivity contribution is -0.158. The molecule has 1 aliphatic carbocycles. The molecule has 0 unspecified atom stereocenters. The van der Waals surface area contributed by atoms with Crippen molar-refractivity contribution in [3.63, 3.8) is 0 Å². The van der Waals surface area contributed by atoms with Gasteiger partial charge in [-0.2, -0.15) is 0 Å². The van der Waals surface area contributed by atoms with Gasteiger partial charge in [0.25, 0.3) is 0 Å². The van der Waals surface area contributed by atoms with E-state index < -0.39 is 17.1 Å². The molecule has 2 amide bonds. The van der Waals surface area contributed by atoms with Crippen molar-refractivity contribution in [3.05, 3.63) is 34.9 Å². The largest absolute Gasteiger partial charge is 0.393 e. The number of nitrogens with one attached hydrogen (secondary N) is 1. The van der Waals surface area contributed by atoms with Crippen molar-refractivity contribution in [2.24, 2.45) is 11.3 Å². The molecule has 0 radical (unpaired) electrons. The van der Waals surface area contributed by atoms with Crippen LogP contribution < -0.4 is 5.32 Å². The van der Waals surface area contributed by atoms with E-state index in [2.05, 4.69) is 5.32 Å². The number of hydrogen-bond donors (Lipinski definition) is 3. The summed E-state index contributed by atoms with van der Waals surface area (Å²) in [6.07, 6.45) is 4.14. The Morgan fingerprint density at radius 2 is 1.88 bits per heavy atom. The van der Waals surface area contributed by atoms with Crippen molar-refractivity contribution in [1.29, 1.82) is 0 Å². The molecule has 178 valence electrons. The Balaban J connectivity index is 1.69. The first kappa shape index (κ1) is 25.0. The summed E-state index contributed by atoms with van der Waals surface area (Å²) in [5.74, 6) is -0.278. The average molecular weight is 465 g/mol. The first-order valence-corrected chi connectivity index (χ1v) is 12.2. The van der Waals surface area contributed by atoms with Gasteiger partial charge in [0.2, 0.25) is 11.8 Å². The Morgan fingerprint density at radius 1 is 1.22 bits per heavy atom. The fraction of sp³-hybridized carbons (Fsp3) is 0.680. The number of benzene rings is 1. The molecule has 4 atom stereocenters. The van der Waals surface area contributed by atoms with E-state index in [4.69, 9.17) is 11.6 Å². The van der Waals surface area contributed by atoms with Gasteiger partial charge in [-0.3, -0.25) is 9.59 Å². The van der Waals surface area contributed by atoms with Gasteiger partial charge in [-0.15, -0.1) is 0 Å². The zero-order chi connectivity index (χ0) is 23.5. The van der Waals surface area contributed by atoms with Crippen LogP contribution in [0.2, 0.25) is 5.02 Å². The Labute approximate surface area is 196 Å². The van der Waals surface area contributed by atoms with Crippen LogP contribution in [0.15, 0.2) is 24.3 Å². The van der Waals surface area contributed by atoms with Gasteiger partial charge in [-0.25, -0.2) is 0 Å². The van der Waals surface area contributed by atoms with Crippen molar-refractivity contribution in [1.82, 2.24) is 10.2 Å². The number of amides is 2. The molecule has 0 spiro atoms. The monoisotopic (exact) mass is 464 g/mol. The zero-order valence-corrected chi connectivity index (χ0v) is 20.2. The lowest BCUT2D eigenvalue weighted by Crippen LogP contribution is -2.59. The summed E-state index contributed by atoms with van der Waals surface area (Å²) in [5, 5.41) is 24.7. The molecule has 3 rings (SSSR count). The number of aliphatic hydroxyl groups excluding tert-OH is 1. The van der Waals surface area contributed by atoms with Crippen molar-refractivity contribution in [2.45, 2.75) is 83.5 Å². The second-order valence-corrected chi connectivity index (χ2v) is 10.6. The Kier molecular flexibility index (Phi) is 7.89. The fourth-order valence-corrected chi connectivity index (χ4v) is 5.35. The minimum Gasteiger partial charge on any atom is -0.393 e. The summed E-state index contributed by atoms with van der Waals surface area (Å²) in [7, 11) is 0. The molecular weight excluding hydrogens is 428 g/mol. The Bertz CT molecular complexity index is 811. The van der Waals surface area contributed by atoms with Gasteiger partial charge in [0.15, 0.2) is 0 Å². The number of rotatable bonds is 6. The minimum absolute atomic E-state index is 0.0664. The first-order chi connectivity index (χ1) is 15.0. The smallest absolute Gasteiger partial charge is 0.227 e. The molecule has 2 fully saturated rings. The van der Waals surface area contributed by atoms with E-state index in [9.17, 15) is 19.8 Å². The number of nitrogens with zero attached hydrogens (tertiary/aromatic N) is 1. The van der Waals surface area contributed by atoms with Crippen molar-refractivity contribution in [3.8, 4) is 0 Å². The minimum atomic E-state index is -1.05. The predicted octanol–water partition coefficient (Wildman–Crippen LogP) is 3.62. The highest BCUT2D eigenvalue weighted by Gasteiger charge is 2.50. The molecule has 1 saturated carbocycles. The SMILES string of the molecule is C[C@H](O)CCC(=O)N[C@@H]1CCCC[C@@H]1C(=O)N1CC[C@](O)(c2ccc(Cl)cc2)C(C)(C)C1. The van der Waals surface area contributed by atoms with Gasteiger partial charge < -0.3 is 20.4 Å². The van der Waals surface area contributed by atoms with Crippen LogP contribution in [0.4, 0.5) is 0 Å². The van der Waals surface area contributed by atoms with E-state index in [1.54, 1.807) is 19.1 Å². The van der Waals surface area contributed by atoms with Crippen LogP contribution in [-0.4, -0.2) is 52.2 Å². The van der Waals surface area contributed by atoms with Crippen LogP contribution in [0.1, 0.15) is 71.3 Å². The second kappa shape index (κ2) is 10.1. The molecular formula is C25H37ClN2O4. The molecule has 0 aromatic heterocycles. The first-order valence-electron chi connectivity index (χ1n) is 11.8. The van der Waals surface area contributed by atoms with Crippen molar-refractivity contribution < 1.29 is 19.8 Å². The van der Waals surface area contributed by atoms with E-state index in [1.165, 1.54) is 0 Å². The van der Waals surface area contributed by atoms with Gasteiger partial charge in [0.05, 0.1) is 17.6 Å². The third kappa shape index (κ3) is 5.46. The van der Waals surface area contributed by atoms with Crippen LogP contribution >= 0.6 is 11.6 Å². The number of carbonyl (C=O) groups excluding carboxylic acids is 2. The van der Waals surface area contributed by atoms with Gasteiger partial charge in [0, 0.05) is 36.0 Å². The summed E-state index contributed by atoms with van der Waals surface area (Å²) in [5.41, 5.74) is -0.769. The van der Waals surface area contributed by atoms with Crippen LogP contribution in [0.3, 0.4) is 0 Å². The predicted molar refractivity (Wildman–Crippen MR) is 125 cm³/mol. The van der Waals surface area contributed by atoms with Gasteiger partial charge >= 0.3 is 0 Å². The molecule has 1 aromatic rings. The number of hydrogen-bond acceptors (Lipinski definition) is 4. The Morgan fingerprint density at radius 3 is 2.50 bits per heavy atom. The van der Waals surface area contributed by atoms with Crippen LogP contribution in [0.5, 0.6) is 0 Å². The quantitative estimate of drug-likeness (QED) is 0.599. The molecule has 32 heavy (non-hydrogen) atoms. The molecule has 6 nitrogen and oxygen atoms in total. The third-order valence-electron chi connectivity index (χ3n) is 7.30. The molecule has 7 heteroatoms. The van der Waals surface area contributed by atoms with Crippen LogP contribution in [0, 0.1) is 11.3 Å². The summed E-state index contributed by atoms with van der Waals surface area (Å²) >= 11 is 6.03. The molecule has 3 N–H and O–H groups in total. The maximum Gasteiger partial charge on any atom is 0.227 e. The second-order valence-electron chi connectivity index (χ2n) is 10.2. The van der Waals surface area contributed by atoms with E-state index in [-0.39, 0.29) is 30.2 Å². The number of piperidine rings is 1. The maximum absolute atomic E-state index is 13.5. The summed E-state index contributed by atoms with van der Waals surface area (Å²) < 4.78 is 0. The number of halogens is 1. The molecule has 0 bridgehead atoms. The topological polar surface area (TPSA) is 89.9 Å². The van der Waals surface area contributed by atoms with E-state index in [1.807, 2.05) is 30.9 Å². The summed E-state index contributed by atoms with van der Waals surface area (Å²) in [6, 6.07) is 7.13. The standard InChI is InChI=1S/C25H37ClN2O4/c1-17(29)8-13-22(30)27-21-7-5-4-6-20(21)23(31)28-15-14-25(32,24(2,3)16-28)18-9-11-19(26)12-10-18/h9-12,17,20-21,29,32H,4-8,13-16H2,1-3H3,(H,27,30)/t17-,20-,21+,25-/m0/s1. The van der Waals surface area contributed by atoms with Gasteiger partial charge in [-0.05, 0) is 50.3 Å². The van der Waals surface area contributed by atoms with Crippen LogP contribution in [-0.2, 0) is 15.2 Å². The van der Waals surface area contributed by atoms with Crippen molar-refractivity contribution >= 4 is 23.4 Å². The highest BCUT2D eigenvalue weighted by atomic mass is 35.5. The van der Waals surface area contributed by atoms with E-state index in [0.717, 1.165) is 31.2 Å². The summed E-state index contributed by atoms with van der Waals surface area (Å²) in [4.78, 5) is 27.7. The average Bonchev–Trinajstić information content (AvgIpc) is 2.74. The molecule has 1 heterocycles. The molecule has 2 aliphatic rings. The Hall–Kier alpha value is -1.63. The summed E-state index contributed by atoms with van der Waals surface area (Å²) in [6.45, 7) is 6.59. The third-order valence-corrected chi connectivity index (χ3v) is 7.55. The van der Waals surface area contributed by atoms with E-state index in [0.29, 0.717) is 31.0 Å². The van der Waals surface area contributed by atoms with Gasteiger partial charge in [-0.1, -0.05) is 50.4 Å². The van der Waals surface area contributed by atoms with Gasteiger partial charge in [0.1, 0.15) is 0 Å². The molecule has 1 aliphatic heterocycles. The lowest BCUT2D eigenvalue weighted by Gasteiger charge is -2.51. The zero-order valence-electron chi connectivity index (χ0n) is 19.4. The van der Waals surface area contributed by atoms with E-state index >= 15 is 0 Å². The number of aliphatic hydroxyl groups is 2. The number of carbonyl (C=O) groups is 2. The normalized spacial score (nSPS) is 28.8. The molecule has 1 aromatic carbocycles. The van der Waals surface area contributed by atoms with Crippen LogP contribution in [0.25, 0.3) is 0 Å². The fourth-order valence-electron chi connectivity index (χ4n) is 5.22. The lowest BCUT2D eigenvalue weighted by atomic mass is 9.66. The highest BCUT2D eigenvalue weighted by molar-refractivity contribution is 6.30. The maximum atomic E-state index is 13.5. The molecule has 1 saturated heterocycles. The van der Waals surface area contributed by atoms with Crippen molar-refractivity contribution in [2.75, 3.05) is 13.1 Å².